The lowest BCUT2D eigenvalue weighted by Gasteiger charge is -2.17. The van der Waals surface area contributed by atoms with Crippen molar-refractivity contribution in [2.75, 3.05) is 13.2 Å². The average molecular weight is 402 g/mol. The molecule has 0 heterocycles. The molecule has 2 rings (SSSR count). The Balaban J connectivity index is 1.83. The van der Waals surface area contributed by atoms with E-state index in [4.69, 9.17) is 14.2 Å². The minimum absolute atomic E-state index is 0.0708. The first kappa shape index (κ1) is 22.7. The van der Waals surface area contributed by atoms with Gasteiger partial charge >= 0.3 is 5.97 Å². The highest BCUT2D eigenvalue weighted by Gasteiger charge is 2.20. The quantitative estimate of drug-likeness (QED) is 0.565. The van der Waals surface area contributed by atoms with Gasteiger partial charge in [0.1, 0.15) is 30.8 Å². The molecular weight excluding hydrogens is 372 g/mol. The fraction of sp³-hybridized carbons (Fsp3) is 0.435. The molecule has 0 unspecified atom stereocenters. The average Bonchev–Trinajstić information content (AvgIpc) is 2.70. The zero-order valence-electron chi connectivity index (χ0n) is 17.2. The van der Waals surface area contributed by atoms with Crippen LogP contribution in [0.4, 0.5) is 0 Å². The standard InChI is InChI=1S/C23H30O6/c1-4-17-8-10-20(11-9-17)27-14-19(24)15-28-21-7-5-6-18(12-21)13-22(23(25)26)29-16(2)3/h5-12,16,19,22,24H,4,13-15H2,1-3H3,(H,25,26)/t19-,22-/m0/s1. The molecule has 0 aliphatic heterocycles. The second-order valence-corrected chi connectivity index (χ2v) is 7.14. The number of ether oxygens (including phenoxy) is 3. The number of hydrogen-bond acceptors (Lipinski definition) is 5. The third kappa shape index (κ3) is 8.13. The Morgan fingerprint density at radius 3 is 2.21 bits per heavy atom. The summed E-state index contributed by atoms with van der Waals surface area (Å²) in [6, 6.07) is 14.9. The van der Waals surface area contributed by atoms with Gasteiger partial charge in [-0.05, 0) is 55.7 Å². The topological polar surface area (TPSA) is 85.2 Å². The van der Waals surface area contributed by atoms with Gasteiger partial charge in [-0.2, -0.15) is 0 Å². The number of aliphatic carboxylic acids is 1. The van der Waals surface area contributed by atoms with Gasteiger partial charge in [-0.15, -0.1) is 0 Å². The molecule has 0 saturated carbocycles. The first-order valence-electron chi connectivity index (χ1n) is 9.87. The van der Waals surface area contributed by atoms with E-state index in [2.05, 4.69) is 6.92 Å². The van der Waals surface area contributed by atoms with Crippen LogP contribution < -0.4 is 9.47 Å². The van der Waals surface area contributed by atoms with E-state index in [9.17, 15) is 15.0 Å². The number of aliphatic hydroxyl groups excluding tert-OH is 1. The third-order valence-corrected chi connectivity index (χ3v) is 4.25. The molecule has 158 valence electrons. The molecule has 0 aliphatic rings. The summed E-state index contributed by atoms with van der Waals surface area (Å²) in [5.74, 6) is 0.264. The first-order chi connectivity index (χ1) is 13.9. The highest BCUT2D eigenvalue weighted by atomic mass is 16.5. The molecule has 29 heavy (non-hydrogen) atoms. The SMILES string of the molecule is CCc1ccc(OC[C@H](O)COc2cccc(C[C@H](OC(C)C)C(=O)O)c2)cc1. The number of rotatable bonds is 12. The number of aryl methyl sites for hydroxylation is 1. The lowest BCUT2D eigenvalue weighted by Crippen LogP contribution is -2.29. The van der Waals surface area contributed by atoms with Crippen LogP contribution in [0.5, 0.6) is 11.5 Å². The molecule has 0 bridgehead atoms. The molecule has 2 N–H and O–H groups in total. The number of carboxylic acids is 1. The van der Waals surface area contributed by atoms with Crippen LogP contribution in [-0.2, 0) is 22.4 Å². The Morgan fingerprint density at radius 1 is 0.966 bits per heavy atom. The van der Waals surface area contributed by atoms with E-state index in [-0.39, 0.29) is 25.7 Å². The maximum absolute atomic E-state index is 11.4. The summed E-state index contributed by atoms with van der Waals surface area (Å²) in [7, 11) is 0. The van der Waals surface area contributed by atoms with Crippen LogP contribution in [0.15, 0.2) is 48.5 Å². The van der Waals surface area contributed by atoms with Crippen LogP contribution in [0, 0.1) is 0 Å². The molecule has 0 fully saturated rings. The van der Waals surface area contributed by atoms with E-state index in [1.54, 1.807) is 32.0 Å². The predicted octanol–water partition coefficient (Wildman–Crippen LogP) is 3.49. The van der Waals surface area contributed by atoms with Crippen LogP contribution in [-0.4, -0.2) is 47.7 Å². The van der Waals surface area contributed by atoms with Crippen LogP contribution in [0.2, 0.25) is 0 Å². The molecule has 2 aromatic rings. The normalized spacial score (nSPS) is 13.1. The summed E-state index contributed by atoms with van der Waals surface area (Å²) in [5.41, 5.74) is 2.02. The minimum atomic E-state index is -0.996. The van der Waals surface area contributed by atoms with Gasteiger partial charge in [-0.3, -0.25) is 0 Å². The van der Waals surface area contributed by atoms with Gasteiger partial charge in [-0.1, -0.05) is 31.2 Å². The summed E-state index contributed by atoms with van der Waals surface area (Å²) in [6.45, 7) is 5.88. The fourth-order valence-corrected chi connectivity index (χ4v) is 2.75. The summed E-state index contributed by atoms with van der Waals surface area (Å²) >= 11 is 0. The van der Waals surface area contributed by atoms with Gasteiger partial charge in [0.25, 0.3) is 0 Å². The molecule has 6 heteroatoms. The number of carboxylic acid groups (broad SMARTS) is 1. The molecule has 2 aromatic carbocycles. The molecule has 0 spiro atoms. The van der Waals surface area contributed by atoms with E-state index >= 15 is 0 Å². The van der Waals surface area contributed by atoms with Crippen molar-refractivity contribution in [1.29, 1.82) is 0 Å². The number of carbonyl (C=O) groups is 1. The van der Waals surface area contributed by atoms with E-state index in [0.29, 0.717) is 11.5 Å². The number of benzene rings is 2. The Hall–Kier alpha value is -2.57. The van der Waals surface area contributed by atoms with Crippen molar-refractivity contribution in [2.45, 2.75) is 51.9 Å². The monoisotopic (exact) mass is 402 g/mol. The fourth-order valence-electron chi connectivity index (χ4n) is 2.75. The predicted molar refractivity (Wildman–Crippen MR) is 111 cm³/mol. The van der Waals surface area contributed by atoms with Gasteiger partial charge in [0.15, 0.2) is 6.10 Å². The van der Waals surface area contributed by atoms with E-state index < -0.39 is 18.2 Å². The number of hydrogen-bond donors (Lipinski definition) is 2. The van der Waals surface area contributed by atoms with Crippen LogP contribution in [0.25, 0.3) is 0 Å². The molecule has 2 atom stereocenters. The highest BCUT2D eigenvalue weighted by Crippen LogP contribution is 2.17. The highest BCUT2D eigenvalue weighted by molar-refractivity contribution is 5.72. The molecule has 0 amide bonds. The van der Waals surface area contributed by atoms with Crippen molar-refractivity contribution in [3.63, 3.8) is 0 Å². The van der Waals surface area contributed by atoms with Crippen molar-refractivity contribution in [1.82, 2.24) is 0 Å². The maximum Gasteiger partial charge on any atom is 0.333 e. The smallest absolute Gasteiger partial charge is 0.333 e. The van der Waals surface area contributed by atoms with Crippen LogP contribution in [0.1, 0.15) is 31.9 Å². The van der Waals surface area contributed by atoms with Gasteiger partial charge < -0.3 is 24.4 Å². The Morgan fingerprint density at radius 2 is 1.62 bits per heavy atom. The van der Waals surface area contributed by atoms with Gasteiger partial charge in [0.2, 0.25) is 0 Å². The molecule has 0 aromatic heterocycles. The zero-order valence-corrected chi connectivity index (χ0v) is 17.2. The Kier molecular flexibility index (Phi) is 8.96. The minimum Gasteiger partial charge on any atom is -0.491 e. The Labute approximate surface area is 172 Å². The van der Waals surface area contributed by atoms with Crippen LogP contribution in [0.3, 0.4) is 0 Å². The summed E-state index contributed by atoms with van der Waals surface area (Å²) in [4.78, 5) is 11.4. The van der Waals surface area contributed by atoms with Gasteiger partial charge in [-0.25, -0.2) is 4.79 Å². The van der Waals surface area contributed by atoms with E-state index in [1.165, 1.54) is 5.56 Å². The molecule has 6 nitrogen and oxygen atoms in total. The second kappa shape index (κ2) is 11.4. The van der Waals surface area contributed by atoms with Crippen molar-refractivity contribution < 1.29 is 29.2 Å². The van der Waals surface area contributed by atoms with Crippen molar-refractivity contribution in [3.05, 3.63) is 59.7 Å². The largest absolute Gasteiger partial charge is 0.491 e. The van der Waals surface area contributed by atoms with E-state index in [0.717, 1.165) is 12.0 Å². The first-order valence-corrected chi connectivity index (χ1v) is 9.87. The van der Waals surface area contributed by atoms with Crippen molar-refractivity contribution in [2.24, 2.45) is 0 Å². The van der Waals surface area contributed by atoms with Crippen LogP contribution >= 0.6 is 0 Å². The van der Waals surface area contributed by atoms with E-state index in [1.807, 2.05) is 30.3 Å². The lowest BCUT2D eigenvalue weighted by molar-refractivity contribution is -0.153. The molecule has 0 radical (unpaired) electrons. The summed E-state index contributed by atoms with van der Waals surface area (Å²) < 4.78 is 16.7. The van der Waals surface area contributed by atoms with Crippen molar-refractivity contribution >= 4 is 5.97 Å². The summed E-state index contributed by atoms with van der Waals surface area (Å²) in [6.07, 6.45) is -0.677. The maximum atomic E-state index is 11.4. The molecular formula is C23H30O6. The zero-order chi connectivity index (χ0) is 21.2. The summed E-state index contributed by atoms with van der Waals surface area (Å²) in [5, 5.41) is 19.4. The van der Waals surface area contributed by atoms with Gasteiger partial charge in [0.05, 0.1) is 6.10 Å². The third-order valence-electron chi connectivity index (χ3n) is 4.25. The van der Waals surface area contributed by atoms with Gasteiger partial charge in [0, 0.05) is 6.42 Å². The molecule has 0 aliphatic carbocycles. The molecule has 0 saturated heterocycles. The Bertz CT molecular complexity index is 756. The van der Waals surface area contributed by atoms with Crippen molar-refractivity contribution in [3.8, 4) is 11.5 Å². The lowest BCUT2D eigenvalue weighted by atomic mass is 10.1. The number of aliphatic hydroxyl groups is 1. The second-order valence-electron chi connectivity index (χ2n) is 7.14.